The van der Waals surface area contributed by atoms with E-state index in [9.17, 15) is 13.2 Å². The summed E-state index contributed by atoms with van der Waals surface area (Å²) in [5.41, 5.74) is 0. The molecule has 9 heteroatoms. The van der Waals surface area contributed by atoms with Gasteiger partial charge in [-0.05, 0) is 62.0 Å². The molecule has 3 N–H and O–H groups in total. The van der Waals surface area contributed by atoms with Crippen LogP contribution < -0.4 is 20.1 Å². The third-order valence-corrected chi connectivity index (χ3v) is 6.07. The number of benzene rings is 1. The van der Waals surface area contributed by atoms with Crippen LogP contribution in [0.5, 0.6) is 5.75 Å². The molecule has 0 aromatic heterocycles. The van der Waals surface area contributed by atoms with Crippen LogP contribution in [-0.4, -0.2) is 47.1 Å². The molecule has 0 bridgehead atoms. The summed E-state index contributed by atoms with van der Waals surface area (Å²) in [6, 6.07) is 5.26. The van der Waals surface area contributed by atoms with Gasteiger partial charge in [0.1, 0.15) is 11.8 Å². The Bertz CT molecular complexity index is 689. The van der Waals surface area contributed by atoms with Crippen molar-refractivity contribution in [1.82, 2.24) is 15.4 Å². The van der Waals surface area contributed by atoms with E-state index in [1.165, 1.54) is 19.2 Å². The minimum absolute atomic E-state index is 0. The molecule has 1 aromatic carbocycles. The Morgan fingerprint density at radius 1 is 1.30 bits per heavy atom. The van der Waals surface area contributed by atoms with Crippen LogP contribution in [-0.2, 0) is 14.8 Å². The number of carbonyl (C=O) groups is 1. The van der Waals surface area contributed by atoms with Gasteiger partial charge in [-0.2, -0.15) is 4.72 Å². The van der Waals surface area contributed by atoms with E-state index in [1.54, 1.807) is 12.1 Å². The van der Waals surface area contributed by atoms with E-state index in [4.69, 9.17) is 4.74 Å². The summed E-state index contributed by atoms with van der Waals surface area (Å²) >= 11 is 0. The van der Waals surface area contributed by atoms with Gasteiger partial charge in [-0.15, -0.1) is 12.4 Å². The van der Waals surface area contributed by atoms with Crippen LogP contribution in [0.25, 0.3) is 0 Å². The Kier molecular flexibility index (Phi) is 9.52. The fourth-order valence-electron chi connectivity index (χ4n) is 2.95. The fraction of sp³-hybridized carbons (Fsp3) is 0.611. The van der Waals surface area contributed by atoms with Gasteiger partial charge in [-0.1, -0.05) is 13.8 Å². The largest absolute Gasteiger partial charge is 0.497 e. The second-order valence-corrected chi connectivity index (χ2v) is 8.67. The van der Waals surface area contributed by atoms with Crippen LogP contribution in [0, 0.1) is 11.8 Å². The Balaban J connectivity index is 0.00000364. The number of sulfonamides is 1. The van der Waals surface area contributed by atoms with Crippen molar-refractivity contribution in [2.75, 3.05) is 26.7 Å². The van der Waals surface area contributed by atoms with E-state index < -0.39 is 16.1 Å². The summed E-state index contributed by atoms with van der Waals surface area (Å²) in [6.45, 7) is 6.20. The standard InChI is InChI=1S/C18H29N3O4S.ClH/c1-13(2)17(18(22)20-11-9-14-8-10-19-12-14)21-26(23,24)16-6-4-15(25-3)5-7-16;/h4-7,13-14,17,19,21H,8-12H2,1-3H3,(H,20,22);1H. The van der Waals surface area contributed by atoms with E-state index in [1.807, 2.05) is 13.8 Å². The highest BCUT2D eigenvalue weighted by atomic mass is 35.5. The first-order chi connectivity index (χ1) is 12.3. The Morgan fingerprint density at radius 3 is 2.48 bits per heavy atom. The van der Waals surface area contributed by atoms with Crippen LogP contribution in [0.2, 0.25) is 0 Å². The van der Waals surface area contributed by atoms with Crippen molar-refractivity contribution in [3.8, 4) is 5.75 Å². The lowest BCUT2D eigenvalue weighted by molar-refractivity contribution is -0.123. The minimum Gasteiger partial charge on any atom is -0.497 e. The quantitative estimate of drug-likeness (QED) is 0.564. The van der Waals surface area contributed by atoms with Gasteiger partial charge in [0.25, 0.3) is 0 Å². The number of hydrogen-bond donors (Lipinski definition) is 3. The molecule has 1 saturated heterocycles. The van der Waals surface area contributed by atoms with Crippen molar-refractivity contribution in [2.24, 2.45) is 11.8 Å². The number of hydrogen-bond acceptors (Lipinski definition) is 5. The van der Waals surface area contributed by atoms with Gasteiger partial charge in [-0.25, -0.2) is 8.42 Å². The van der Waals surface area contributed by atoms with Crippen molar-refractivity contribution in [3.63, 3.8) is 0 Å². The highest BCUT2D eigenvalue weighted by molar-refractivity contribution is 7.89. The normalized spacial score (nSPS) is 18.0. The first-order valence-electron chi connectivity index (χ1n) is 8.98. The molecule has 2 unspecified atom stereocenters. The molecule has 0 aliphatic carbocycles. The SMILES string of the molecule is COc1ccc(S(=O)(=O)NC(C(=O)NCCC2CCNC2)C(C)C)cc1.Cl. The van der Waals surface area contributed by atoms with Gasteiger partial charge in [0.2, 0.25) is 15.9 Å². The lowest BCUT2D eigenvalue weighted by atomic mass is 10.0. The average Bonchev–Trinajstić information content (AvgIpc) is 3.13. The molecule has 2 rings (SSSR count). The van der Waals surface area contributed by atoms with Crippen LogP contribution >= 0.6 is 12.4 Å². The third kappa shape index (κ3) is 6.95. The molecule has 0 radical (unpaired) electrons. The van der Waals surface area contributed by atoms with Crippen LogP contribution in [0.15, 0.2) is 29.2 Å². The van der Waals surface area contributed by atoms with E-state index in [0.29, 0.717) is 18.2 Å². The maximum atomic E-state index is 12.6. The van der Waals surface area contributed by atoms with E-state index in [-0.39, 0.29) is 29.1 Å². The molecule has 1 fully saturated rings. The fourth-order valence-corrected chi connectivity index (χ4v) is 4.30. The monoisotopic (exact) mass is 419 g/mol. The van der Waals surface area contributed by atoms with E-state index in [0.717, 1.165) is 25.9 Å². The molecule has 1 heterocycles. The van der Waals surface area contributed by atoms with Gasteiger partial charge in [0, 0.05) is 6.54 Å². The highest BCUT2D eigenvalue weighted by Gasteiger charge is 2.28. The number of carbonyl (C=O) groups excluding carboxylic acids is 1. The topological polar surface area (TPSA) is 96.5 Å². The highest BCUT2D eigenvalue weighted by Crippen LogP contribution is 2.17. The molecule has 1 aliphatic rings. The van der Waals surface area contributed by atoms with Crippen molar-refractivity contribution >= 4 is 28.3 Å². The molecular formula is C18H30ClN3O4S. The van der Waals surface area contributed by atoms with E-state index >= 15 is 0 Å². The van der Waals surface area contributed by atoms with Gasteiger partial charge >= 0.3 is 0 Å². The Hall–Kier alpha value is -1.35. The molecule has 7 nitrogen and oxygen atoms in total. The van der Waals surface area contributed by atoms with Gasteiger partial charge in [-0.3, -0.25) is 4.79 Å². The second kappa shape index (κ2) is 10.8. The number of ether oxygens (including phenoxy) is 1. The van der Waals surface area contributed by atoms with Crippen molar-refractivity contribution < 1.29 is 17.9 Å². The molecule has 0 spiro atoms. The Morgan fingerprint density at radius 2 is 1.96 bits per heavy atom. The smallest absolute Gasteiger partial charge is 0.241 e. The van der Waals surface area contributed by atoms with Gasteiger partial charge < -0.3 is 15.4 Å². The predicted octanol–water partition coefficient (Wildman–Crippen LogP) is 1.54. The number of nitrogens with one attached hydrogen (secondary N) is 3. The predicted molar refractivity (Wildman–Crippen MR) is 108 cm³/mol. The van der Waals surface area contributed by atoms with Crippen LogP contribution in [0.1, 0.15) is 26.7 Å². The molecule has 2 atom stereocenters. The summed E-state index contributed by atoms with van der Waals surface area (Å²) in [5.74, 6) is 0.687. The summed E-state index contributed by atoms with van der Waals surface area (Å²) < 4.78 is 32.8. The number of methoxy groups -OCH3 is 1. The molecule has 1 amide bonds. The third-order valence-electron chi connectivity index (χ3n) is 4.62. The average molecular weight is 420 g/mol. The van der Waals surface area contributed by atoms with Crippen LogP contribution in [0.3, 0.4) is 0 Å². The minimum atomic E-state index is -3.79. The van der Waals surface area contributed by atoms with Crippen LogP contribution in [0.4, 0.5) is 0 Å². The molecule has 27 heavy (non-hydrogen) atoms. The summed E-state index contributed by atoms with van der Waals surface area (Å²) in [7, 11) is -2.28. The molecular weight excluding hydrogens is 390 g/mol. The van der Waals surface area contributed by atoms with Crippen molar-refractivity contribution in [2.45, 2.75) is 37.6 Å². The van der Waals surface area contributed by atoms with Gasteiger partial charge in [0.05, 0.1) is 12.0 Å². The number of amides is 1. The molecule has 0 saturated carbocycles. The second-order valence-electron chi connectivity index (χ2n) is 6.96. The number of halogens is 1. The zero-order valence-electron chi connectivity index (χ0n) is 16.0. The summed E-state index contributed by atoms with van der Waals surface area (Å²) in [4.78, 5) is 12.6. The molecule has 154 valence electrons. The zero-order chi connectivity index (χ0) is 19.2. The number of rotatable bonds is 9. The maximum Gasteiger partial charge on any atom is 0.241 e. The van der Waals surface area contributed by atoms with Gasteiger partial charge in [0.15, 0.2) is 0 Å². The molecule has 1 aromatic rings. The Labute approximate surface area is 168 Å². The van der Waals surface area contributed by atoms with Crippen molar-refractivity contribution in [3.05, 3.63) is 24.3 Å². The maximum absolute atomic E-state index is 12.6. The molecule has 1 aliphatic heterocycles. The first kappa shape index (κ1) is 23.7. The summed E-state index contributed by atoms with van der Waals surface area (Å²) in [5, 5.41) is 6.17. The van der Waals surface area contributed by atoms with Crippen molar-refractivity contribution in [1.29, 1.82) is 0 Å². The van der Waals surface area contributed by atoms with E-state index in [2.05, 4.69) is 15.4 Å². The summed E-state index contributed by atoms with van der Waals surface area (Å²) in [6.07, 6.45) is 2.02. The lowest BCUT2D eigenvalue weighted by Crippen LogP contribution is -2.49. The zero-order valence-corrected chi connectivity index (χ0v) is 17.7. The lowest BCUT2D eigenvalue weighted by Gasteiger charge is -2.22. The first-order valence-corrected chi connectivity index (χ1v) is 10.5.